The van der Waals surface area contributed by atoms with Gasteiger partial charge in [-0.1, -0.05) is 6.07 Å². The van der Waals surface area contributed by atoms with Crippen molar-refractivity contribution in [3.63, 3.8) is 0 Å². The minimum absolute atomic E-state index is 0.0202. The highest BCUT2D eigenvalue weighted by Crippen LogP contribution is 2.23. The summed E-state index contributed by atoms with van der Waals surface area (Å²) in [6.07, 6.45) is 5.94. The van der Waals surface area contributed by atoms with E-state index < -0.39 is 5.91 Å². The maximum absolute atomic E-state index is 12.9. The van der Waals surface area contributed by atoms with Crippen molar-refractivity contribution in [3.8, 4) is 28.8 Å². The summed E-state index contributed by atoms with van der Waals surface area (Å²) >= 11 is 0. The average Bonchev–Trinajstić information content (AvgIpc) is 3.41. The van der Waals surface area contributed by atoms with E-state index in [0.717, 1.165) is 0 Å². The Balaban J connectivity index is 1.61. The molecule has 4 aromatic rings. The molecule has 0 aromatic carbocycles. The van der Waals surface area contributed by atoms with E-state index in [0.29, 0.717) is 23.0 Å². The molecule has 0 bridgehead atoms. The Morgan fingerprint density at radius 3 is 2.84 bits per heavy atom. The molecule has 0 saturated heterocycles. The first kappa shape index (κ1) is 20.0. The predicted molar refractivity (Wildman–Crippen MR) is 111 cm³/mol. The van der Waals surface area contributed by atoms with Gasteiger partial charge >= 0.3 is 0 Å². The van der Waals surface area contributed by atoms with Crippen LogP contribution in [0.4, 0.5) is 5.82 Å². The Hall–Kier alpha value is -4.28. The maximum Gasteiger partial charge on any atom is 0.263 e. The Bertz CT molecular complexity index is 1230. The van der Waals surface area contributed by atoms with Crippen molar-refractivity contribution in [2.45, 2.75) is 19.9 Å². The topological polar surface area (TPSA) is 133 Å². The molecule has 0 radical (unpaired) electrons. The molecule has 4 rings (SSSR count). The SMILES string of the molecule is COc1nn(-c2cncc(O)c2)cc1C(=O)Nc1cccc(-c2nncn2C(C)C)n1. The number of aromatic hydroxyl groups is 1. The second-order valence-electron chi connectivity index (χ2n) is 6.92. The fourth-order valence-electron chi connectivity index (χ4n) is 2.95. The summed E-state index contributed by atoms with van der Waals surface area (Å²) in [7, 11) is 1.42. The van der Waals surface area contributed by atoms with Gasteiger partial charge in [0.05, 0.1) is 25.2 Å². The third-order valence-electron chi connectivity index (χ3n) is 4.44. The molecule has 0 atom stereocenters. The molecule has 11 heteroatoms. The van der Waals surface area contributed by atoms with Crippen LogP contribution in [0.3, 0.4) is 0 Å². The molecule has 0 unspecified atom stereocenters. The number of methoxy groups -OCH3 is 1. The van der Waals surface area contributed by atoms with Gasteiger partial charge in [-0.25, -0.2) is 9.67 Å². The molecule has 0 aliphatic heterocycles. The summed E-state index contributed by atoms with van der Waals surface area (Å²) in [4.78, 5) is 21.3. The molecule has 0 saturated carbocycles. The second kappa shape index (κ2) is 8.22. The molecule has 0 spiro atoms. The molecule has 0 aliphatic rings. The molecule has 0 fully saturated rings. The van der Waals surface area contributed by atoms with Crippen molar-refractivity contribution >= 4 is 11.7 Å². The predicted octanol–water partition coefficient (Wildman–Crippen LogP) is 2.47. The van der Waals surface area contributed by atoms with E-state index in [1.54, 1.807) is 24.5 Å². The maximum atomic E-state index is 12.9. The number of anilines is 1. The van der Waals surface area contributed by atoms with Crippen LogP contribution in [0.25, 0.3) is 17.2 Å². The molecular formula is C20H20N8O3. The lowest BCUT2D eigenvalue weighted by Gasteiger charge is -2.10. The number of nitrogens with zero attached hydrogens (tertiary/aromatic N) is 7. The third-order valence-corrected chi connectivity index (χ3v) is 4.44. The lowest BCUT2D eigenvalue weighted by atomic mass is 10.3. The van der Waals surface area contributed by atoms with Crippen LogP contribution in [0.15, 0.2) is 49.2 Å². The molecule has 2 N–H and O–H groups in total. The van der Waals surface area contributed by atoms with E-state index >= 15 is 0 Å². The summed E-state index contributed by atoms with van der Waals surface area (Å²) in [5.41, 5.74) is 1.26. The van der Waals surface area contributed by atoms with Crippen LogP contribution in [-0.4, -0.2) is 52.6 Å². The zero-order valence-electron chi connectivity index (χ0n) is 17.1. The lowest BCUT2D eigenvalue weighted by molar-refractivity contribution is 0.102. The van der Waals surface area contributed by atoms with Crippen molar-refractivity contribution in [2.24, 2.45) is 0 Å². The van der Waals surface area contributed by atoms with Gasteiger partial charge in [-0.05, 0) is 26.0 Å². The van der Waals surface area contributed by atoms with E-state index in [2.05, 4.69) is 30.6 Å². The van der Waals surface area contributed by atoms with Crippen LogP contribution in [-0.2, 0) is 0 Å². The molecular weight excluding hydrogens is 400 g/mol. The van der Waals surface area contributed by atoms with Crippen molar-refractivity contribution < 1.29 is 14.6 Å². The van der Waals surface area contributed by atoms with Crippen LogP contribution in [0, 0.1) is 0 Å². The van der Waals surface area contributed by atoms with Gasteiger partial charge in [0, 0.05) is 18.3 Å². The van der Waals surface area contributed by atoms with E-state index in [4.69, 9.17) is 4.74 Å². The molecule has 11 nitrogen and oxygen atoms in total. The van der Waals surface area contributed by atoms with Gasteiger partial charge < -0.3 is 19.7 Å². The van der Waals surface area contributed by atoms with Crippen LogP contribution >= 0.6 is 0 Å². The number of ether oxygens (including phenoxy) is 1. The van der Waals surface area contributed by atoms with E-state index in [-0.39, 0.29) is 23.2 Å². The first-order chi connectivity index (χ1) is 15.0. The van der Waals surface area contributed by atoms with Gasteiger partial charge in [-0.2, -0.15) is 0 Å². The first-order valence-electron chi connectivity index (χ1n) is 9.42. The number of nitrogens with one attached hydrogen (secondary N) is 1. The third kappa shape index (κ3) is 4.06. The number of hydrogen-bond acceptors (Lipinski definition) is 8. The summed E-state index contributed by atoms with van der Waals surface area (Å²) in [5, 5.41) is 24.7. The molecule has 158 valence electrons. The standard InChI is InChI=1S/C20H20N8O3/c1-12(2)27-11-22-25-18(27)16-5-4-6-17(23-16)24-19(30)15-10-28(26-20(15)31-3)13-7-14(29)9-21-8-13/h4-12,29H,1-3H3,(H,23,24,30). The first-order valence-corrected chi connectivity index (χ1v) is 9.42. The van der Waals surface area contributed by atoms with Crippen molar-refractivity contribution in [2.75, 3.05) is 12.4 Å². The molecule has 4 aromatic heterocycles. The number of amides is 1. The number of carbonyl (C=O) groups is 1. The molecule has 0 aliphatic carbocycles. The molecule has 4 heterocycles. The highest BCUT2D eigenvalue weighted by molar-refractivity contribution is 6.05. The normalized spacial score (nSPS) is 11.0. The van der Waals surface area contributed by atoms with Gasteiger partial charge in [0.15, 0.2) is 5.82 Å². The van der Waals surface area contributed by atoms with Gasteiger partial charge in [0.25, 0.3) is 5.91 Å². The van der Waals surface area contributed by atoms with Crippen LogP contribution in [0.5, 0.6) is 11.6 Å². The fourth-order valence-corrected chi connectivity index (χ4v) is 2.95. The van der Waals surface area contributed by atoms with Crippen molar-refractivity contribution in [1.29, 1.82) is 0 Å². The fraction of sp³-hybridized carbons (Fsp3) is 0.200. The summed E-state index contributed by atoms with van der Waals surface area (Å²) in [6, 6.07) is 6.87. The van der Waals surface area contributed by atoms with Crippen molar-refractivity contribution in [1.82, 2.24) is 34.5 Å². The highest BCUT2D eigenvalue weighted by Gasteiger charge is 2.19. The van der Waals surface area contributed by atoms with E-state index in [9.17, 15) is 9.90 Å². The second-order valence-corrected chi connectivity index (χ2v) is 6.92. The number of hydrogen-bond donors (Lipinski definition) is 2. The monoisotopic (exact) mass is 420 g/mol. The van der Waals surface area contributed by atoms with E-state index in [1.807, 2.05) is 18.4 Å². The number of pyridine rings is 2. The quantitative estimate of drug-likeness (QED) is 0.486. The Morgan fingerprint density at radius 2 is 2.10 bits per heavy atom. The van der Waals surface area contributed by atoms with Crippen LogP contribution in [0.2, 0.25) is 0 Å². The minimum Gasteiger partial charge on any atom is -0.506 e. The minimum atomic E-state index is -0.453. The van der Waals surface area contributed by atoms with Crippen LogP contribution < -0.4 is 10.1 Å². The lowest BCUT2D eigenvalue weighted by Crippen LogP contribution is -2.14. The number of aromatic nitrogens is 7. The molecule has 1 amide bonds. The average molecular weight is 420 g/mol. The number of carbonyl (C=O) groups excluding carboxylic acids is 1. The summed E-state index contributed by atoms with van der Waals surface area (Å²) < 4.78 is 8.53. The van der Waals surface area contributed by atoms with Gasteiger partial charge in [-0.15, -0.1) is 15.3 Å². The Kier molecular flexibility index (Phi) is 5.31. The van der Waals surface area contributed by atoms with Crippen LogP contribution in [0.1, 0.15) is 30.2 Å². The summed E-state index contributed by atoms with van der Waals surface area (Å²) in [6.45, 7) is 4.04. The number of rotatable bonds is 6. The zero-order chi connectivity index (χ0) is 22.0. The highest BCUT2D eigenvalue weighted by atomic mass is 16.5. The van der Waals surface area contributed by atoms with Gasteiger partial charge in [0.2, 0.25) is 5.88 Å². The smallest absolute Gasteiger partial charge is 0.263 e. The van der Waals surface area contributed by atoms with Gasteiger partial charge in [-0.3, -0.25) is 9.78 Å². The largest absolute Gasteiger partial charge is 0.506 e. The van der Waals surface area contributed by atoms with Gasteiger partial charge in [0.1, 0.15) is 29.2 Å². The summed E-state index contributed by atoms with van der Waals surface area (Å²) in [5.74, 6) is 0.596. The van der Waals surface area contributed by atoms with Crippen molar-refractivity contribution in [3.05, 3.63) is 54.7 Å². The Labute approximate surface area is 177 Å². The Morgan fingerprint density at radius 1 is 1.26 bits per heavy atom. The zero-order valence-corrected chi connectivity index (χ0v) is 17.1. The molecule has 31 heavy (non-hydrogen) atoms. The van der Waals surface area contributed by atoms with E-state index in [1.165, 1.54) is 36.4 Å².